The Hall–Kier alpha value is -1.26. The number of hydrogen-bond acceptors (Lipinski definition) is 2. The van der Waals surface area contributed by atoms with Crippen LogP contribution in [0.5, 0.6) is 0 Å². The molecule has 1 fully saturated rings. The fourth-order valence-corrected chi connectivity index (χ4v) is 2.81. The zero-order valence-corrected chi connectivity index (χ0v) is 12.9. The van der Waals surface area contributed by atoms with Gasteiger partial charge in [-0.15, -0.1) is 0 Å². The summed E-state index contributed by atoms with van der Waals surface area (Å²) in [5, 5.41) is 11.8. The lowest BCUT2D eigenvalue weighted by molar-refractivity contribution is -0.138. The lowest BCUT2D eigenvalue weighted by Gasteiger charge is -2.31. The van der Waals surface area contributed by atoms with Crippen molar-refractivity contribution in [2.75, 3.05) is 13.1 Å². The van der Waals surface area contributed by atoms with Gasteiger partial charge in [0.05, 0.1) is 0 Å². The number of urea groups is 1. The molecule has 3 atom stereocenters. The van der Waals surface area contributed by atoms with Crippen molar-refractivity contribution in [1.82, 2.24) is 10.2 Å². The second kappa shape index (κ2) is 8.12. The summed E-state index contributed by atoms with van der Waals surface area (Å²) >= 11 is 0. The third kappa shape index (κ3) is 5.02. The van der Waals surface area contributed by atoms with Gasteiger partial charge in [0.1, 0.15) is 6.54 Å². The van der Waals surface area contributed by atoms with Crippen molar-refractivity contribution in [1.29, 1.82) is 0 Å². The van der Waals surface area contributed by atoms with Crippen molar-refractivity contribution in [2.24, 2.45) is 11.8 Å². The Labute approximate surface area is 121 Å². The van der Waals surface area contributed by atoms with E-state index in [1.807, 2.05) is 13.8 Å². The van der Waals surface area contributed by atoms with Crippen LogP contribution in [0, 0.1) is 11.8 Å². The molecule has 0 saturated heterocycles. The summed E-state index contributed by atoms with van der Waals surface area (Å²) in [5.74, 6) is 0.198. The highest BCUT2D eigenvalue weighted by Gasteiger charge is 2.25. The SMILES string of the molecule is CCC(C)N(CC(=O)O)C(=O)NCC1CCCCC1C. The number of carboxylic acids is 1. The van der Waals surface area contributed by atoms with Crippen molar-refractivity contribution < 1.29 is 14.7 Å². The van der Waals surface area contributed by atoms with Gasteiger partial charge in [-0.05, 0) is 31.6 Å². The minimum absolute atomic E-state index is 0.0603. The number of amides is 2. The Morgan fingerprint density at radius 3 is 2.55 bits per heavy atom. The average Bonchev–Trinajstić information content (AvgIpc) is 2.42. The Morgan fingerprint density at radius 2 is 2.00 bits per heavy atom. The van der Waals surface area contributed by atoms with Crippen LogP contribution in [0.3, 0.4) is 0 Å². The molecular formula is C15H28N2O3. The van der Waals surface area contributed by atoms with Crippen LogP contribution in [0.2, 0.25) is 0 Å². The third-order valence-electron chi connectivity index (χ3n) is 4.49. The van der Waals surface area contributed by atoms with Crippen LogP contribution in [-0.4, -0.2) is 41.1 Å². The van der Waals surface area contributed by atoms with Gasteiger partial charge in [-0.2, -0.15) is 0 Å². The van der Waals surface area contributed by atoms with Gasteiger partial charge in [-0.3, -0.25) is 4.79 Å². The van der Waals surface area contributed by atoms with E-state index in [2.05, 4.69) is 12.2 Å². The van der Waals surface area contributed by atoms with Crippen molar-refractivity contribution in [3.05, 3.63) is 0 Å². The number of rotatable bonds is 6. The van der Waals surface area contributed by atoms with Gasteiger partial charge in [0.15, 0.2) is 0 Å². The first-order valence-corrected chi connectivity index (χ1v) is 7.72. The molecule has 0 aromatic carbocycles. The molecule has 3 unspecified atom stereocenters. The fourth-order valence-electron chi connectivity index (χ4n) is 2.81. The summed E-state index contributed by atoms with van der Waals surface area (Å²) in [4.78, 5) is 24.5. The molecule has 1 rings (SSSR count). The van der Waals surface area contributed by atoms with Crippen molar-refractivity contribution in [3.8, 4) is 0 Å². The van der Waals surface area contributed by atoms with E-state index in [4.69, 9.17) is 5.11 Å². The summed E-state index contributed by atoms with van der Waals surface area (Å²) in [6.07, 6.45) is 5.65. The molecule has 5 heteroatoms. The maximum absolute atomic E-state index is 12.2. The van der Waals surface area contributed by atoms with Gasteiger partial charge in [-0.25, -0.2) is 4.79 Å². The summed E-state index contributed by atoms with van der Waals surface area (Å²) in [6, 6.07) is -0.311. The van der Waals surface area contributed by atoms with E-state index in [0.29, 0.717) is 18.4 Å². The molecule has 0 spiro atoms. The summed E-state index contributed by atoms with van der Waals surface area (Å²) in [6.45, 7) is 6.50. The summed E-state index contributed by atoms with van der Waals surface area (Å²) in [5.41, 5.74) is 0. The molecule has 5 nitrogen and oxygen atoms in total. The second-order valence-electron chi connectivity index (χ2n) is 5.99. The first kappa shape index (κ1) is 16.8. The molecule has 0 heterocycles. The molecule has 20 heavy (non-hydrogen) atoms. The van der Waals surface area contributed by atoms with Gasteiger partial charge < -0.3 is 15.3 Å². The smallest absolute Gasteiger partial charge is 0.323 e. The van der Waals surface area contributed by atoms with Gasteiger partial charge in [0.25, 0.3) is 0 Å². The Kier molecular flexibility index (Phi) is 6.82. The van der Waals surface area contributed by atoms with Gasteiger partial charge >= 0.3 is 12.0 Å². The first-order valence-electron chi connectivity index (χ1n) is 7.72. The number of nitrogens with one attached hydrogen (secondary N) is 1. The zero-order chi connectivity index (χ0) is 15.1. The number of aliphatic carboxylic acids is 1. The van der Waals surface area contributed by atoms with Crippen molar-refractivity contribution in [3.63, 3.8) is 0 Å². The normalized spacial score (nSPS) is 23.9. The lowest BCUT2D eigenvalue weighted by atomic mass is 9.80. The van der Waals surface area contributed by atoms with Gasteiger partial charge in [0, 0.05) is 12.6 Å². The number of carboxylic acid groups (broad SMARTS) is 1. The maximum atomic E-state index is 12.2. The third-order valence-corrected chi connectivity index (χ3v) is 4.49. The number of carbonyl (C=O) groups excluding carboxylic acids is 1. The average molecular weight is 284 g/mol. The number of nitrogens with zero attached hydrogens (tertiary/aromatic N) is 1. The van der Waals surface area contributed by atoms with E-state index in [-0.39, 0.29) is 18.6 Å². The number of hydrogen-bond donors (Lipinski definition) is 2. The number of carbonyl (C=O) groups is 2. The molecule has 0 bridgehead atoms. The van der Waals surface area contributed by atoms with Gasteiger partial charge in [0.2, 0.25) is 0 Å². The Morgan fingerprint density at radius 1 is 1.35 bits per heavy atom. The molecular weight excluding hydrogens is 256 g/mol. The molecule has 2 N–H and O–H groups in total. The minimum atomic E-state index is -0.966. The first-order chi connectivity index (χ1) is 9.45. The molecule has 0 aliphatic heterocycles. The highest BCUT2D eigenvalue weighted by atomic mass is 16.4. The predicted molar refractivity (Wildman–Crippen MR) is 78.6 cm³/mol. The molecule has 0 aromatic rings. The largest absolute Gasteiger partial charge is 0.480 e. The molecule has 1 saturated carbocycles. The molecule has 116 valence electrons. The highest BCUT2D eigenvalue weighted by Crippen LogP contribution is 2.28. The van der Waals surface area contributed by atoms with E-state index in [1.54, 1.807) is 0 Å². The van der Waals surface area contributed by atoms with Crippen LogP contribution in [0.25, 0.3) is 0 Å². The van der Waals surface area contributed by atoms with Crippen molar-refractivity contribution in [2.45, 2.75) is 58.9 Å². The van der Waals surface area contributed by atoms with Crippen LogP contribution in [-0.2, 0) is 4.79 Å². The standard InChI is InChI=1S/C15H28N2O3/c1-4-12(3)17(10-14(18)19)15(20)16-9-13-8-6-5-7-11(13)2/h11-13H,4-10H2,1-3H3,(H,16,20)(H,18,19). The van der Waals surface area contributed by atoms with Gasteiger partial charge in [-0.1, -0.05) is 33.1 Å². The van der Waals surface area contributed by atoms with Crippen LogP contribution in [0.1, 0.15) is 52.9 Å². The minimum Gasteiger partial charge on any atom is -0.480 e. The van der Waals surface area contributed by atoms with E-state index in [1.165, 1.54) is 24.2 Å². The van der Waals surface area contributed by atoms with Crippen LogP contribution >= 0.6 is 0 Å². The van der Waals surface area contributed by atoms with Crippen LogP contribution in [0.15, 0.2) is 0 Å². The van der Waals surface area contributed by atoms with Crippen molar-refractivity contribution >= 4 is 12.0 Å². The Bertz CT molecular complexity index is 333. The van der Waals surface area contributed by atoms with E-state index >= 15 is 0 Å². The van der Waals surface area contributed by atoms with Crippen LogP contribution < -0.4 is 5.32 Å². The van der Waals surface area contributed by atoms with E-state index in [9.17, 15) is 9.59 Å². The lowest BCUT2D eigenvalue weighted by Crippen LogP contribution is -2.48. The monoisotopic (exact) mass is 284 g/mol. The second-order valence-corrected chi connectivity index (χ2v) is 5.99. The quantitative estimate of drug-likeness (QED) is 0.788. The molecule has 0 radical (unpaired) electrons. The molecule has 1 aliphatic carbocycles. The molecule has 1 aliphatic rings. The summed E-state index contributed by atoms with van der Waals surface area (Å²) in [7, 11) is 0. The summed E-state index contributed by atoms with van der Waals surface area (Å²) < 4.78 is 0. The van der Waals surface area contributed by atoms with E-state index < -0.39 is 5.97 Å². The fraction of sp³-hybridized carbons (Fsp3) is 0.867. The topological polar surface area (TPSA) is 69.6 Å². The zero-order valence-electron chi connectivity index (χ0n) is 12.9. The Balaban J connectivity index is 2.50. The molecule has 0 aromatic heterocycles. The maximum Gasteiger partial charge on any atom is 0.323 e. The van der Waals surface area contributed by atoms with E-state index in [0.717, 1.165) is 12.8 Å². The predicted octanol–water partition coefficient (Wildman–Crippen LogP) is 2.71. The highest BCUT2D eigenvalue weighted by molar-refractivity contribution is 5.80. The van der Waals surface area contributed by atoms with Crippen LogP contribution in [0.4, 0.5) is 4.79 Å². The molecule has 2 amide bonds.